The number of nitrogens with zero attached hydrogens (tertiary/aromatic N) is 2. The van der Waals surface area contributed by atoms with Crippen LogP contribution in [0.4, 0.5) is 0 Å². The normalized spacial score (nSPS) is 14.7. The standard InChI is InChI=1S/C39H27N3S/c1-24(25-12-4-2-5-13-25)41-39(26-14-6-3-7-15-26)42-38(40)37-30-19-11-10-18-29(30)31-23-36-33(22-34(31)37)32-20-27-16-8-9-17-28(27)21-35(32)43-36/h2-23,37H,1H2,(H2,40,41,42). The Morgan fingerprint density at radius 2 is 1.19 bits per heavy atom. The summed E-state index contributed by atoms with van der Waals surface area (Å²) in [5.41, 5.74) is 14.3. The summed E-state index contributed by atoms with van der Waals surface area (Å²) in [5.74, 6) is 0.871. The van der Waals surface area contributed by atoms with Crippen molar-refractivity contribution in [1.29, 1.82) is 0 Å². The zero-order valence-corrected chi connectivity index (χ0v) is 24.2. The highest BCUT2D eigenvalue weighted by Gasteiger charge is 2.32. The number of amidine groups is 2. The summed E-state index contributed by atoms with van der Waals surface area (Å²) in [6.45, 7) is 4.25. The van der Waals surface area contributed by atoms with Crippen LogP contribution in [0.5, 0.6) is 0 Å². The van der Waals surface area contributed by atoms with Crippen LogP contribution >= 0.6 is 11.3 Å². The van der Waals surface area contributed by atoms with E-state index in [1.807, 2.05) is 72.0 Å². The van der Waals surface area contributed by atoms with Gasteiger partial charge in [-0.3, -0.25) is 0 Å². The minimum absolute atomic E-state index is 0.190. The highest BCUT2D eigenvalue weighted by molar-refractivity contribution is 7.26. The predicted octanol–water partition coefficient (Wildman–Crippen LogP) is 9.79. The topological polar surface area (TPSA) is 50.7 Å². The summed E-state index contributed by atoms with van der Waals surface area (Å²) >= 11 is 1.85. The molecule has 0 amide bonds. The first-order valence-corrected chi connectivity index (χ1v) is 15.2. The lowest BCUT2D eigenvalue weighted by atomic mass is 9.94. The lowest BCUT2D eigenvalue weighted by molar-refractivity contribution is 1.11. The Labute approximate surface area is 254 Å². The van der Waals surface area contributed by atoms with Crippen LogP contribution in [0, 0.1) is 0 Å². The molecule has 6 aromatic carbocycles. The van der Waals surface area contributed by atoms with Gasteiger partial charge in [0.25, 0.3) is 0 Å². The van der Waals surface area contributed by atoms with Gasteiger partial charge in [-0.15, -0.1) is 11.3 Å². The maximum Gasteiger partial charge on any atom is 0.161 e. The van der Waals surface area contributed by atoms with Crippen LogP contribution in [0.25, 0.3) is 47.8 Å². The van der Waals surface area contributed by atoms with E-state index in [1.54, 1.807) is 0 Å². The number of thiophene rings is 1. The van der Waals surface area contributed by atoms with E-state index in [2.05, 4.69) is 79.4 Å². The van der Waals surface area contributed by atoms with Crippen molar-refractivity contribution in [3.8, 4) is 11.1 Å². The van der Waals surface area contributed by atoms with Crippen molar-refractivity contribution in [1.82, 2.24) is 0 Å². The molecule has 3 nitrogen and oxygen atoms in total. The molecule has 1 aromatic heterocycles. The average molecular weight is 570 g/mol. The summed E-state index contributed by atoms with van der Waals surface area (Å²) in [4.78, 5) is 9.96. The average Bonchev–Trinajstić information content (AvgIpc) is 3.57. The second-order valence-electron chi connectivity index (χ2n) is 10.9. The Kier molecular flexibility index (Phi) is 6.02. The Hall–Kier alpha value is -5.32. The molecule has 1 heterocycles. The van der Waals surface area contributed by atoms with Gasteiger partial charge in [0.05, 0.1) is 11.6 Å². The molecule has 0 saturated heterocycles. The molecule has 2 N–H and O–H groups in total. The molecule has 0 spiro atoms. The van der Waals surface area contributed by atoms with Crippen molar-refractivity contribution in [2.45, 2.75) is 5.92 Å². The van der Waals surface area contributed by atoms with Crippen LogP contribution in [-0.2, 0) is 0 Å². The summed E-state index contributed by atoms with van der Waals surface area (Å²) in [7, 11) is 0. The molecular formula is C39H27N3S. The summed E-state index contributed by atoms with van der Waals surface area (Å²) in [6, 6.07) is 46.4. The first-order chi connectivity index (χ1) is 21.1. The van der Waals surface area contributed by atoms with Gasteiger partial charge in [-0.05, 0) is 62.9 Å². The summed E-state index contributed by atoms with van der Waals surface area (Å²) < 4.78 is 2.57. The van der Waals surface area contributed by atoms with Crippen molar-refractivity contribution in [2.24, 2.45) is 15.7 Å². The number of hydrogen-bond acceptors (Lipinski definition) is 2. The maximum atomic E-state index is 7.01. The predicted molar refractivity (Wildman–Crippen MR) is 184 cm³/mol. The third-order valence-electron chi connectivity index (χ3n) is 8.29. The number of aliphatic imine (C=N–C) groups is 2. The molecule has 1 aliphatic rings. The van der Waals surface area contributed by atoms with Gasteiger partial charge in [0.1, 0.15) is 5.84 Å². The van der Waals surface area contributed by atoms with Gasteiger partial charge in [0, 0.05) is 25.7 Å². The highest BCUT2D eigenvalue weighted by Crippen LogP contribution is 2.49. The van der Waals surface area contributed by atoms with E-state index in [0.717, 1.165) is 11.1 Å². The summed E-state index contributed by atoms with van der Waals surface area (Å²) in [6.07, 6.45) is 0. The van der Waals surface area contributed by atoms with E-state index in [1.165, 1.54) is 53.2 Å². The fourth-order valence-corrected chi connectivity index (χ4v) is 7.38. The molecule has 0 aliphatic heterocycles. The minimum Gasteiger partial charge on any atom is -0.386 e. The van der Waals surface area contributed by atoms with Gasteiger partial charge in [-0.2, -0.15) is 0 Å². The Morgan fingerprint density at radius 3 is 1.95 bits per heavy atom. The van der Waals surface area contributed by atoms with Crippen molar-refractivity contribution < 1.29 is 0 Å². The lowest BCUT2D eigenvalue weighted by Gasteiger charge is -2.15. The molecule has 8 rings (SSSR count). The van der Waals surface area contributed by atoms with Gasteiger partial charge < -0.3 is 5.73 Å². The molecule has 1 aliphatic carbocycles. The number of nitrogens with two attached hydrogens (primary N) is 1. The molecule has 1 atom stereocenters. The van der Waals surface area contributed by atoms with E-state index < -0.39 is 0 Å². The number of benzene rings is 6. The van der Waals surface area contributed by atoms with Gasteiger partial charge in [0.15, 0.2) is 5.84 Å². The quantitative estimate of drug-likeness (QED) is 0.166. The van der Waals surface area contributed by atoms with Crippen LogP contribution in [0.2, 0.25) is 0 Å². The zero-order chi connectivity index (χ0) is 28.9. The van der Waals surface area contributed by atoms with Crippen LogP contribution in [0.3, 0.4) is 0 Å². The lowest BCUT2D eigenvalue weighted by Crippen LogP contribution is -2.23. The summed E-state index contributed by atoms with van der Waals surface area (Å²) in [5, 5.41) is 5.04. The molecule has 4 heteroatoms. The highest BCUT2D eigenvalue weighted by atomic mass is 32.1. The van der Waals surface area contributed by atoms with Crippen LogP contribution < -0.4 is 5.73 Å². The third kappa shape index (κ3) is 4.35. The van der Waals surface area contributed by atoms with E-state index in [4.69, 9.17) is 15.7 Å². The van der Waals surface area contributed by atoms with E-state index >= 15 is 0 Å². The first kappa shape index (κ1) is 25.4. The number of hydrogen-bond donors (Lipinski definition) is 1. The van der Waals surface area contributed by atoms with Gasteiger partial charge in [-0.25, -0.2) is 9.98 Å². The molecule has 7 aromatic rings. The molecule has 43 heavy (non-hydrogen) atoms. The molecule has 0 bridgehead atoms. The molecule has 0 radical (unpaired) electrons. The minimum atomic E-state index is -0.190. The van der Waals surface area contributed by atoms with Crippen LogP contribution in [0.15, 0.2) is 150 Å². The Morgan fingerprint density at radius 1 is 0.581 bits per heavy atom. The SMILES string of the molecule is C=C(N=C(N=C(N)C1c2ccccc2-c2cc3sc4cc5ccccc5cc4c3cc21)c1ccccc1)c1ccccc1. The maximum absolute atomic E-state index is 7.01. The smallest absolute Gasteiger partial charge is 0.161 e. The Bertz CT molecular complexity index is 2260. The number of fused-ring (bicyclic) bond motifs is 7. The third-order valence-corrected chi connectivity index (χ3v) is 9.41. The van der Waals surface area contributed by atoms with Crippen LogP contribution in [-0.4, -0.2) is 11.7 Å². The van der Waals surface area contributed by atoms with Gasteiger partial charge in [0.2, 0.25) is 0 Å². The molecule has 0 saturated carbocycles. The molecule has 204 valence electrons. The van der Waals surface area contributed by atoms with Crippen molar-refractivity contribution in [3.05, 3.63) is 162 Å². The fraction of sp³-hybridized carbons (Fsp3) is 0.0256. The first-order valence-electron chi connectivity index (χ1n) is 14.3. The Balaban J connectivity index is 1.31. The zero-order valence-electron chi connectivity index (χ0n) is 23.4. The number of rotatable bonds is 4. The van der Waals surface area contributed by atoms with Crippen LogP contribution in [0.1, 0.15) is 28.2 Å². The second kappa shape index (κ2) is 10.2. The fourth-order valence-electron chi connectivity index (χ4n) is 6.23. The molecule has 0 fully saturated rings. The van der Waals surface area contributed by atoms with Crippen molar-refractivity contribution in [2.75, 3.05) is 0 Å². The van der Waals surface area contributed by atoms with E-state index in [0.29, 0.717) is 17.4 Å². The van der Waals surface area contributed by atoms with Gasteiger partial charge in [-0.1, -0.05) is 116 Å². The van der Waals surface area contributed by atoms with Crippen molar-refractivity contribution in [3.63, 3.8) is 0 Å². The second-order valence-corrected chi connectivity index (χ2v) is 12.0. The monoisotopic (exact) mass is 569 g/mol. The van der Waals surface area contributed by atoms with Crippen molar-refractivity contribution >= 4 is 59.6 Å². The molecular weight excluding hydrogens is 543 g/mol. The van der Waals surface area contributed by atoms with E-state index in [-0.39, 0.29) is 5.92 Å². The van der Waals surface area contributed by atoms with E-state index in [9.17, 15) is 0 Å². The molecule has 1 unspecified atom stereocenters. The largest absolute Gasteiger partial charge is 0.386 e. The van der Waals surface area contributed by atoms with Gasteiger partial charge >= 0.3 is 0 Å².